The largest absolute Gasteiger partial charge is 0.369 e. The Morgan fingerprint density at radius 2 is 2.12 bits per heavy atom. The summed E-state index contributed by atoms with van der Waals surface area (Å²) >= 11 is 6.01. The second-order valence-corrected chi connectivity index (χ2v) is 7.43. The second-order valence-electron chi connectivity index (χ2n) is 6.99. The van der Waals surface area contributed by atoms with Crippen molar-refractivity contribution in [1.82, 2.24) is 15.0 Å². The number of halogens is 1. The van der Waals surface area contributed by atoms with E-state index >= 15 is 0 Å². The van der Waals surface area contributed by atoms with Crippen LogP contribution in [0.5, 0.6) is 0 Å². The summed E-state index contributed by atoms with van der Waals surface area (Å²) in [6.45, 7) is 1.42. The molecule has 1 fully saturated rings. The first-order valence-electron chi connectivity index (χ1n) is 9.19. The van der Waals surface area contributed by atoms with Crippen LogP contribution in [0.4, 0.5) is 0 Å². The maximum atomic E-state index is 11.4. The summed E-state index contributed by atoms with van der Waals surface area (Å²) in [5.41, 5.74) is 6.21. The number of carbonyl (C=O) groups excluding carboxylic acids is 1. The summed E-state index contributed by atoms with van der Waals surface area (Å²) in [6, 6.07) is 7.31. The van der Waals surface area contributed by atoms with Crippen LogP contribution in [0, 0.1) is 5.92 Å². The van der Waals surface area contributed by atoms with E-state index in [4.69, 9.17) is 21.9 Å². The molecule has 0 saturated heterocycles. The lowest BCUT2D eigenvalue weighted by Crippen LogP contribution is -2.35. The van der Waals surface area contributed by atoms with E-state index in [1.54, 1.807) is 12.1 Å². The highest BCUT2D eigenvalue weighted by molar-refractivity contribution is 6.30. The maximum absolute atomic E-state index is 11.4. The van der Waals surface area contributed by atoms with Gasteiger partial charge in [-0.2, -0.15) is 4.98 Å². The van der Waals surface area contributed by atoms with E-state index in [0.29, 0.717) is 23.3 Å². The van der Waals surface area contributed by atoms with Crippen molar-refractivity contribution in [2.45, 2.75) is 45.1 Å². The summed E-state index contributed by atoms with van der Waals surface area (Å²) in [5.74, 6) is 1.37. The van der Waals surface area contributed by atoms with E-state index in [1.807, 2.05) is 17.0 Å². The summed E-state index contributed by atoms with van der Waals surface area (Å²) in [5, 5.41) is 4.64. The molecule has 1 aromatic carbocycles. The third kappa shape index (κ3) is 5.54. The zero-order chi connectivity index (χ0) is 18.4. The van der Waals surface area contributed by atoms with Gasteiger partial charge in [0.15, 0.2) is 0 Å². The minimum absolute atomic E-state index is 0.196. The highest BCUT2D eigenvalue weighted by Gasteiger charge is 2.18. The monoisotopic (exact) mass is 376 g/mol. The molecule has 1 saturated carbocycles. The Morgan fingerprint density at radius 1 is 1.31 bits per heavy atom. The lowest BCUT2D eigenvalue weighted by atomic mass is 9.87. The van der Waals surface area contributed by atoms with Crippen LogP contribution in [-0.4, -0.2) is 34.0 Å². The molecule has 0 atom stereocenters. The Morgan fingerprint density at radius 3 is 2.85 bits per heavy atom. The standard InChI is InChI=1S/C19H25ClN4O2/c20-16-8-4-7-15(11-16)19-22-18(26-23-19)13-24(12-17(21)25)10-9-14-5-2-1-3-6-14/h4,7-8,11,14H,1-3,5-6,9-10,12-13H2,(H2,21,25). The highest BCUT2D eigenvalue weighted by atomic mass is 35.5. The van der Waals surface area contributed by atoms with Gasteiger partial charge in [-0.3, -0.25) is 9.69 Å². The van der Waals surface area contributed by atoms with E-state index in [-0.39, 0.29) is 12.5 Å². The van der Waals surface area contributed by atoms with Crippen LogP contribution in [0.1, 0.15) is 44.4 Å². The number of carbonyl (C=O) groups is 1. The Kier molecular flexibility index (Phi) is 6.63. The topological polar surface area (TPSA) is 85.3 Å². The predicted octanol–water partition coefficient (Wildman–Crippen LogP) is 3.65. The number of benzene rings is 1. The van der Waals surface area contributed by atoms with Gasteiger partial charge < -0.3 is 10.3 Å². The number of nitrogens with two attached hydrogens (primary N) is 1. The van der Waals surface area contributed by atoms with Crippen molar-refractivity contribution < 1.29 is 9.32 Å². The van der Waals surface area contributed by atoms with Crippen LogP contribution in [0.3, 0.4) is 0 Å². The number of aromatic nitrogens is 2. The van der Waals surface area contributed by atoms with Gasteiger partial charge in [0.05, 0.1) is 13.1 Å². The van der Waals surface area contributed by atoms with Crippen LogP contribution in [0.2, 0.25) is 5.02 Å². The number of rotatable bonds is 8. The van der Waals surface area contributed by atoms with Crippen LogP contribution < -0.4 is 5.73 Å². The smallest absolute Gasteiger partial charge is 0.241 e. The average molecular weight is 377 g/mol. The van der Waals surface area contributed by atoms with E-state index in [9.17, 15) is 4.79 Å². The van der Waals surface area contributed by atoms with Crippen LogP contribution in [0.25, 0.3) is 11.4 Å². The van der Waals surface area contributed by atoms with Crippen molar-refractivity contribution in [3.63, 3.8) is 0 Å². The maximum Gasteiger partial charge on any atom is 0.241 e. The zero-order valence-electron chi connectivity index (χ0n) is 14.9. The van der Waals surface area contributed by atoms with Crippen molar-refractivity contribution in [2.24, 2.45) is 11.7 Å². The molecular weight excluding hydrogens is 352 g/mol. The lowest BCUT2D eigenvalue weighted by Gasteiger charge is -2.25. The Hall–Kier alpha value is -1.92. The van der Waals surface area contributed by atoms with Crippen LogP contribution >= 0.6 is 11.6 Å². The third-order valence-electron chi connectivity index (χ3n) is 4.87. The van der Waals surface area contributed by atoms with Gasteiger partial charge >= 0.3 is 0 Å². The van der Waals surface area contributed by atoms with Gasteiger partial charge in [-0.15, -0.1) is 0 Å². The molecule has 0 radical (unpaired) electrons. The van der Waals surface area contributed by atoms with Crippen molar-refractivity contribution in [3.8, 4) is 11.4 Å². The SMILES string of the molecule is NC(=O)CN(CCC1CCCCC1)Cc1nc(-c2cccc(Cl)c2)no1. The quantitative estimate of drug-likeness (QED) is 0.760. The minimum Gasteiger partial charge on any atom is -0.369 e. The number of amides is 1. The molecule has 7 heteroatoms. The fourth-order valence-corrected chi connectivity index (χ4v) is 3.72. The molecule has 0 unspecified atom stereocenters. The Labute approximate surface area is 158 Å². The molecule has 2 N–H and O–H groups in total. The molecule has 140 valence electrons. The summed E-state index contributed by atoms with van der Waals surface area (Å²) in [7, 11) is 0. The normalized spacial score (nSPS) is 15.5. The third-order valence-corrected chi connectivity index (χ3v) is 5.10. The molecule has 1 aliphatic carbocycles. The van der Waals surface area contributed by atoms with Crippen molar-refractivity contribution >= 4 is 17.5 Å². The van der Waals surface area contributed by atoms with E-state index in [1.165, 1.54) is 32.1 Å². The summed E-state index contributed by atoms with van der Waals surface area (Å²) < 4.78 is 5.36. The van der Waals surface area contributed by atoms with Gasteiger partial charge in [-0.1, -0.05) is 61.0 Å². The number of nitrogens with zero attached hydrogens (tertiary/aromatic N) is 3. The number of hydrogen-bond donors (Lipinski definition) is 1. The first-order chi connectivity index (χ1) is 12.6. The average Bonchev–Trinajstić information content (AvgIpc) is 3.09. The lowest BCUT2D eigenvalue weighted by molar-refractivity contribution is -0.119. The minimum atomic E-state index is -0.344. The number of primary amides is 1. The van der Waals surface area contributed by atoms with Gasteiger partial charge in [0.1, 0.15) is 0 Å². The van der Waals surface area contributed by atoms with Crippen molar-refractivity contribution in [3.05, 3.63) is 35.2 Å². The van der Waals surface area contributed by atoms with Gasteiger partial charge in [0, 0.05) is 10.6 Å². The van der Waals surface area contributed by atoms with E-state index in [0.717, 1.165) is 24.4 Å². The molecule has 26 heavy (non-hydrogen) atoms. The molecule has 0 bridgehead atoms. The summed E-state index contributed by atoms with van der Waals surface area (Å²) in [4.78, 5) is 17.8. The predicted molar refractivity (Wildman–Crippen MR) is 100 cm³/mol. The Bertz CT molecular complexity index is 728. The molecule has 1 amide bonds. The molecule has 1 aliphatic rings. The zero-order valence-corrected chi connectivity index (χ0v) is 15.6. The molecule has 1 aromatic heterocycles. The van der Waals surface area contributed by atoms with Gasteiger partial charge in [-0.25, -0.2) is 0 Å². The first-order valence-corrected chi connectivity index (χ1v) is 9.57. The van der Waals surface area contributed by atoms with E-state index < -0.39 is 0 Å². The van der Waals surface area contributed by atoms with Gasteiger partial charge in [-0.05, 0) is 31.0 Å². The van der Waals surface area contributed by atoms with Gasteiger partial charge in [0.2, 0.25) is 17.6 Å². The second kappa shape index (κ2) is 9.14. The molecule has 1 heterocycles. The number of hydrogen-bond acceptors (Lipinski definition) is 5. The Balaban J connectivity index is 1.61. The molecular formula is C19H25ClN4O2. The van der Waals surface area contributed by atoms with Crippen molar-refractivity contribution in [2.75, 3.05) is 13.1 Å². The molecule has 0 spiro atoms. The van der Waals surface area contributed by atoms with Crippen molar-refractivity contribution in [1.29, 1.82) is 0 Å². The highest BCUT2D eigenvalue weighted by Crippen LogP contribution is 2.26. The molecule has 3 rings (SSSR count). The van der Waals surface area contributed by atoms with Crippen LogP contribution in [-0.2, 0) is 11.3 Å². The molecule has 2 aromatic rings. The fraction of sp³-hybridized carbons (Fsp3) is 0.526. The fourth-order valence-electron chi connectivity index (χ4n) is 3.53. The van der Waals surface area contributed by atoms with Crippen LogP contribution in [0.15, 0.2) is 28.8 Å². The summed E-state index contributed by atoms with van der Waals surface area (Å²) in [6.07, 6.45) is 7.60. The van der Waals surface area contributed by atoms with E-state index in [2.05, 4.69) is 10.1 Å². The molecule has 6 nitrogen and oxygen atoms in total. The first kappa shape index (κ1) is 18.9. The molecule has 0 aliphatic heterocycles. The van der Waals surface area contributed by atoms with Gasteiger partial charge in [0.25, 0.3) is 0 Å².